The molecule has 3 fully saturated rings. The van der Waals surface area contributed by atoms with Crippen LogP contribution in [0.25, 0.3) is 0 Å². The van der Waals surface area contributed by atoms with E-state index in [9.17, 15) is 9.59 Å². The standard InChI is InChI=1S/C18H30N2O5Si/c1-12-9-18(11-24-26(5,6)17(2,3)4)10-23-14(12)15(25-18)20-8-7-13(21)19-16(20)22/h7-8,12,14-15H,9-11H2,1-6H3,(H,19,21,22). The van der Waals surface area contributed by atoms with Crippen molar-refractivity contribution in [1.29, 1.82) is 0 Å². The maximum absolute atomic E-state index is 12.2. The van der Waals surface area contributed by atoms with Crippen molar-refractivity contribution in [2.75, 3.05) is 13.2 Å². The first-order valence-electron chi connectivity index (χ1n) is 9.19. The number of hydrogen-bond donors (Lipinski definition) is 1. The fraction of sp³-hybridized carbons (Fsp3) is 0.778. The van der Waals surface area contributed by atoms with Crippen LogP contribution in [-0.2, 0) is 13.9 Å². The lowest BCUT2D eigenvalue weighted by atomic mass is 9.82. The average molecular weight is 383 g/mol. The van der Waals surface area contributed by atoms with Crippen LogP contribution < -0.4 is 11.2 Å². The molecule has 7 nitrogen and oxygen atoms in total. The molecule has 26 heavy (non-hydrogen) atoms. The Labute approximate surface area is 154 Å². The monoisotopic (exact) mass is 382 g/mol. The van der Waals surface area contributed by atoms with Gasteiger partial charge in [-0.15, -0.1) is 0 Å². The van der Waals surface area contributed by atoms with E-state index in [2.05, 4.69) is 45.8 Å². The summed E-state index contributed by atoms with van der Waals surface area (Å²) in [6, 6.07) is 1.33. The number of rotatable bonds is 4. The van der Waals surface area contributed by atoms with Crippen molar-refractivity contribution in [3.05, 3.63) is 33.1 Å². The molecule has 1 aromatic heterocycles. The first-order valence-corrected chi connectivity index (χ1v) is 12.1. The number of nitrogens with zero attached hydrogens (tertiary/aromatic N) is 1. The first-order chi connectivity index (χ1) is 11.9. The molecule has 4 atom stereocenters. The van der Waals surface area contributed by atoms with E-state index in [1.54, 1.807) is 0 Å². The first kappa shape index (κ1) is 19.5. The summed E-state index contributed by atoms with van der Waals surface area (Å²) in [5.74, 6) is 0.226. The van der Waals surface area contributed by atoms with Crippen LogP contribution in [0, 0.1) is 5.92 Å². The van der Waals surface area contributed by atoms with Crippen LogP contribution in [0.3, 0.4) is 0 Å². The van der Waals surface area contributed by atoms with E-state index in [4.69, 9.17) is 13.9 Å². The summed E-state index contributed by atoms with van der Waals surface area (Å²) in [5.41, 5.74) is -1.47. The maximum Gasteiger partial charge on any atom is 0.330 e. The second-order valence-corrected chi connectivity index (χ2v) is 14.0. The van der Waals surface area contributed by atoms with Gasteiger partial charge in [-0.1, -0.05) is 27.7 Å². The van der Waals surface area contributed by atoms with E-state index < -0.39 is 31.4 Å². The van der Waals surface area contributed by atoms with Gasteiger partial charge in [0.05, 0.1) is 13.2 Å². The molecule has 3 aliphatic heterocycles. The van der Waals surface area contributed by atoms with E-state index in [0.29, 0.717) is 13.2 Å². The highest BCUT2D eigenvalue weighted by molar-refractivity contribution is 6.74. The van der Waals surface area contributed by atoms with Gasteiger partial charge in [-0.3, -0.25) is 14.3 Å². The third-order valence-corrected chi connectivity index (χ3v) is 10.6. The van der Waals surface area contributed by atoms with Gasteiger partial charge in [0, 0.05) is 12.3 Å². The highest BCUT2D eigenvalue weighted by Crippen LogP contribution is 2.46. The Morgan fingerprint density at radius 3 is 2.65 bits per heavy atom. The van der Waals surface area contributed by atoms with E-state index in [0.717, 1.165) is 6.42 Å². The predicted molar refractivity (Wildman–Crippen MR) is 101 cm³/mol. The van der Waals surface area contributed by atoms with Crippen LogP contribution in [0.2, 0.25) is 18.1 Å². The van der Waals surface area contributed by atoms with Crippen molar-refractivity contribution in [1.82, 2.24) is 9.55 Å². The Kier molecular flexibility index (Phi) is 4.84. The highest BCUT2D eigenvalue weighted by atomic mass is 28.4. The molecule has 3 aliphatic rings. The van der Waals surface area contributed by atoms with Crippen molar-refractivity contribution in [3.63, 3.8) is 0 Å². The Hall–Kier alpha value is -1.22. The number of hydrogen-bond acceptors (Lipinski definition) is 5. The number of aromatic amines is 1. The molecule has 0 aliphatic carbocycles. The number of nitrogens with one attached hydrogen (secondary N) is 1. The van der Waals surface area contributed by atoms with Crippen LogP contribution >= 0.6 is 0 Å². The topological polar surface area (TPSA) is 82.5 Å². The Morgan fingerprint density at radius 2 is 2.08 bits per heavy atom. The molecule has 2 bridgehead atoms. The van der Waals surface area contributed by atoms with Gasteiger partial charge < -0.3 is 13.9 Å². The van der Waals surface area contributed by atoms with E-state index >= 15 is 0 Å². The Morgan fingerprint density at radius 1 is 1.38 bits per heavy atom. The molecule has 4 rings (SSSR count). The van der Waals surface area contributed by atoms with Crippen molar-refractivity contribution in [2.24, 2.45) is 5.92 Å². The molecule has 0 saturated carbocycles. The third-order valence-electron chi connectivity index (χ3n) is 6.07. The molecule has 0 amide bonds. The second-order valence-electron chi connectivity index (χ2n) is 9.21. The lowest BCUT2D eigenvalue weighted by Crippen LogP contribution is -2.62. The zero-order valence-electron chi connectivity index (χ0n) is 16.5. The van der Waals surface area contributed by atoms with E-state index in [-0.39, 0.29) is 17.1 Å². The number of H-pyrrole nitrogens is 1. The Bertz CT molecular complexity index is 781. The summed E-state index contributed by atoms with van der Waals surface area (Å²) >= 11 is 0. The summed E-state index contributed by atoms with van der Waals surface area (Å²) < 4.78 is 20.3. The molecule has 4 unspecified atom stereocenters. The van der Waals surface area contributed by atoms with Gasteiger partial charge in [-0.05, 0) is 30.5 Å². The summed E-state index contributed by atoms with van der Waals surface area (Å²) in [6.07, 6.45) is 1.54. The largest absolute Gasteiger partial charge is 0.414 e. The quantitative estimate of drug-likeness (QED) is 0.808. The number of aromatic nitrogens is 2. The van der Waals surface area contributed by atoms with Crippen LogP contribution in [0.15, 0.2) is 21.9 Å². The minimum absolute atomic E-state index is 0.108. The van der Waals surface area contributed by atoms with Crippen LogP contribution in [0.1, 0.15) is 40.3 Å². The van der Waals surface area contributed by atoms with Crippen LogP contribution in [0.5, 0.6) is 0 Å². The molecule has 0 radical (unpaired) electrons. The minimum atomic E-state index is -1.93. The van der Waals surface area contributed by atoms with Gasteiger partial charge >= 0.3 is 5.69 Å². The summed E-state index contributed by atoms with van der Waals surface area (Å²) in [6.45, 7) is 14.1. The zero-order valence-corrected chi connectivity index (χ0v) is 17.5. The van der Waals surface area contributed by atoms with Gasteiger partial charge in [0.25, 0.3) is 5.56 Å². The van der Waals surface area contributed by atoms with Gasteiger partial charge in [0.1, 0.15) is 11.7 Å². The Balaban J connectivity index is 1.85. The smallest absolute Gasteiger partial charge is 0.330 e. The summed E-state index contributed by atoms with van der Waals surface area (Å²) in [4.78, 5) is 25.9. The average Bonchev–Trinajstić information content (AvgIpc) is 2.52. The van der Waals surface area contributed by atoms with E-state index in [1.807, 2.05) is 0 Å². The second kappa shape index (κ2) is 6.44. The lowest BCUT2D eigenvalue weighted by Gasteiger charge is -2.54. The highest BCUT2D eigenvalue weighted by Gasteiger charge is 2.53. The molecular formula is C18H30N2O5Si. The van der Waals surface area contributed by atoms with Crippen molar-refractivity contribution < 1.29 is 13.9 Å². The zero-order chi connectivity index (χ0) is 19.3. The van der Waals surface area contributed by atoms with Gasteiger partial charge in [0.2, 0.25) is 0 Å². The molecule has 1 aromatic rings. The summed E-state index contributed by atoms with van der Waals surface area (Å²) in [7, 11) is -1.93. The fourth-order valence-electron chi connectivity index (χ4n) is 3.45. The molecule has 3 saturated heterocycles. The molecule has 8 heteroatoms. The van der Waals surface area contributed by atoms with Gasteiger partial charge in [-0.25, -0.2) is 4.79 Å². The van der Waals surface area contributed by atoms with Crippen LogP contribution in [-0.4, -0.2) is 42.8 Å². The number of fused-ring (bicyclic) bond motifs is 3. The lowest BCUT2D eigenvalue weighted by molar-refractivity contribution is -0.318. The van der Waals surface area contributed by atoms with E-state index in [1.165, 1.54) is 16.8 Å². The van der Waals surface area contributed by atoms with Crippen molar-refractivity contribution >= 4 is 8.32 Å². The maximum atomic E-state index is 12.2. The third kappa shape index (κ3) is 3.47. The molecule has 0 aromatic carbocycles. The van der Waals surface area contributed by atoms with Gasteiger partial charge in [-0.2, -0.15) is 0 Å². The predicted octanol–water partition coefficient (Wildman–Crippen LogP) is 2.25. The van der Waals surface area contributed by atoms with Crippen molar-refractivity contribution in [2.45, 2.75) is 70.2 Å². The van der Waals surface area contributed by atoms with Crippen LogP contribution in [0.4, 0.5) is 0 Å². The molecule has 4 heterocycles. The molecule has 146 valence electrons. The molecular weight excluding hydrogens is 352 g/mol. The molecule has 0 spiro atoms. The minimum Gasteiger partial charge on any atom is -0.414 e. The van der Waals surface area contributed by atoms with Gasteiger partial charge in [0.15, 0.2) is 14.5 Å². The SMILES string of the molecule is CC1CC2(CO[Si](C)(C)C(C)(C)C)COC1C(n1ccc(=O)[nH]c1=O)O2. The fourth-order valence-corrected chi connectivity index (χ4v) is 4.51. The van der Waals surface area contributed by atoms with Crippen molar-refractivity contribution in [3.8, 4) is 0 Å². The normalized spacial score (nSPS) is 32.0. The number of ether oxygens (including phenoxy) is 2. The summed E-state index contributed by atoms with van der Waals surface area (Å²) in [5, 5.41) is 0.108. The molecule has 1 N–H and O–H groups in total.